The van der Waals surface area contributed by atoms with Crippen LogP contribution in [0.2, 0.25) is 0 Å². The van der Waals surface area contributed by atoms with Gasteiger partial charge < -0.3 is 20.4 Å². The molecule has 0 saturated carbocycles. The third-order valence-electron chi connectivity index (χ3n) is 5.01. The number of piperazine rings is 1. The van der Waals surface area contributed by atoms with Gasteiger partial charge in [0.25, 0.3) is 5.91 Å². The lowest BCUT2D eigenvalue weighted by Crippen LogP contribution is -2.45. The van der Waals surface area contributed by atoms with E-state index in [9.17, 15) is 9.59 Å². The van der Waals surface area contributed by atoms with Crippen molar-refractivity contribution >= 4 is 23.3 Å². The van der Waals surface area contributed by atoms with Crippen LogP contribution in [-0.2, 0) is 4.79 Å². The zero-order valence-electron chi connectivity index (χ0n) is 15.6. The average molecular weight is 359 g/mol. The summed E-state index contributed by atoms with van der Waals surface area (Å²) in [6.45, 7) is 6.82. The summed E-state index contributed by atoms with van der Waals surface area (Å²) < 4.78 is 0. The topological polar surface area (TPSA) is 77.6 Å². The summed E-state index contributed by atoms with van der Waals surface area (Å²) in [5.74, 6) is 0.686. The molecule has 1 aromatic rings. The maximum Gasteiger partial charge on any atom is 0.257 e. The lowest BCUT2D eigenvalue weighted by Gasteiger charge is -2.31. The van der Waals surface area contributed by atoms with Crippen LogP contribution in [0, 0.1) is 0 Å². The molecule has 26 heavy (non-hydrogen) atoms. The van der Waals surface area contributed by atoms with E-state index in [4.69, 9.17) is 0 Å². The molecule has 2 fully saturated rings. The standard InChI is InChI=1S/C19H29N5O2/c1-2-17(25)22-15-13-16(19(26)24-9-5-3-4-6-10-24)18(21-14-15)23-11-7-20-8-12-23/h13-14,20H,2-12H2,1H3,(H,22,25). The monoisotopic (exact) mass is 359 g/mol. The van der Waals surface area contributed by atoms with Crippen molar-refractivity contribution in [2.24, 2.45) is 0 Å². The summed E-state index contributed by atoms with van der Waals surface area (Å²) in [4.78, 5) is 33.7. The molecule has 0 aliphatic carbocycles. The van der Waals surface area contributed by atoms with E-state index in [1.807, 2.05) is 4.90 Å². The van der Waals surface area contributed by atoms with Crippen LogP contribution in [0.3, 0.4) is 0 Å². The Labute approximate surface area is 155 Å². The SMILES string of the molecule is CCC(=O)Nc1cnc(N2CCNCC2)c(C(=O)N2CCCCCC2)c1. The fourth-order valence-electron chi connectivity index (χ4n) is 3.51. The van der Waals surface area contributed by atoms with E-state index in [2.05, 4.69) is 20.5 Å². The highest BCUT2D eigenvalue weighted by Crippen LogP contribution is 2.25. The number of pyridine rings is 1. The number of nitrogens with zero attached hydrogens (tertiary/aromatic N) is 3. The van der Waals surface area contributed by atoms with Crippen LogP contribution in [-0.4, -0.2) is 61.0 Å². The van der Waals surface area contributed by atoms with Crippen molar-refractivity contribution in [2.75, 3.05) is 49.5 Å². The molecule has 0 bridgehead atoms. The molecule has 7 heteroatoms. The molecule has 7 nitrogen and oxygen atoms in total. The van der Waals surface area contributed by atoms with Crippen molar-refractivity contribution in [3.8, 4) is 0 Å². The van der Waals surface area contributed by atoms with Gasteiger partial charge in [-0.05, 0) is 18.9 Å². The molecule has 0 aromatic carbocycles. The second kappa shape index (κ2) is 8.98. The molecular formula is C19H29N5O2. The minimum Gasteiger partial charge on any atom is -0.353 e. The van der Waals surface area contributed by atoms with Gasteiger partial charge in [0.2, 0.25) is 5.91 Å². The Morgan fingerprint density at radius 3 is 2.46 bits per heavy atom. The number of hydrogen-bond donors (Lipinski definition) is 2. The van der Waals surface area contributed by atoms with E-state index < -0.39 is 0 Å². The summed E-state index contributed by atoms with van der Waals surface area (Å²) in [6.07, 6.45) is 6.51. The van der Waals surface area contributed by atoms with Gasteiger partial charge in [-0.3, -0.25) is 9.59 Å². The van der Waals surface area contributed by atoms with Gasteiger partial charge >= 0.3 is 0 Å². The molecule has 3 rings (SSSR count). The first-order chi connectivity index (χ1) is 12.7. The Hall–Kier alpha value is -2.15. The van der Waals surface area contributed by atoms with Gasteiger partial charge in [-0.15, -0.1) is 0 Å². The van der Waals surface area contributed by atoms with Gasteiger partial charge in [-0.1, -0.05) is 19.8 Å². The van der Waals surface area contributed by atoms with Gasteiger partial charge in [-0.2, -0.15) is 0 Å². The highest BCUT2D eigenvalue weighted by molar-refractivity contribution is 6.01. The zero-order chi connectivity index (χ0) is 18.4. The molecule has 2 amide bonds. The average Bonchev–Trinajstić information content (AvgIpc) is 2.97. The molecule has 3 heterocycles. The lowest BCUT2D eigenvalue weighted by molar-refractivity contribution is -0.115. The smallest absolute Gasteiger partial charge is 0.257 e. The first-order valence-electron chi connectivity index (χ1n) is 9.74. The molecular weight excluding hydrogens is 330 g/mol. The van der Waals surface area contributed by atoms with Crippen LogP contribution in [0.5, 0.6) is 0 Å². The van der Waals surface area contributed by atoms with E-state index >= 15 is 0 Å². The van der Waals surface area contributed by atoms with Crippen molar-refractivity contribution in [2.45, 2.75) is 39.0 Å². The van der Waals surface area contributed by atoms with Crippen LogP contribution in [0.15, 0.2) is 12.3 Å². The molecule has 2 N–H and O–H groups in total. The van der Waals surface area contributed by atoms with Gasteiger partial charge in [-0.25, -0.2) is 4.98 Å². The highest BCUT2D eigenvalue weighted by atomic mass is 16.2. The Bertz CT molecular complexity index is 635. The zero-order valence-corrected chi connectivity index (χ0v) is 15.6. The molecule has 1 aromatic heterocycles. The molecule has 0 radical (unpaired) electrons. The van der Waals surface area contributed by atoms with E-state index in [1.165, 1.54) is 12.8 Å². The van der Waals surface area contributed by atoms with Gasteiger partial charge in [0.05, 0.1) is 17.4 Å². The number of likely N-dealkylation sites (tertiary alicyclic amines) is 1. The lowest BCUT2D eigenvalue weighted by atomic mass is 10.1. The number of aromatic nitrogens is 1. The number of carbonyl (C=O) groups is 2. The van der Waals surface area contributed by atoms with Crippen molar-refractivity contribution < 1.29 is 9.59 Å². The molecule has 142 valence electrons. The molecule has 2 aliphatic rings. The summed E-state index contributed by atoms with van der Waals surface area (Å²) in [5, 5.41) is 6.16. The Morgan fingerprint density at radius 2 is 1.81 bits per heavy atom. The molecule has 0 atom stereocenters. The first kappa shape index (κ1) is 18.6. The molecule has 2 saturated heterocycles. The fourth-order valence-corrected chi connectivity index (χ4v) is 3.51. The molecule has 2 aliphatic heterocycles. The quantitative estimate of drug-likeness (QED) is 0.858. The van der Waals surface area contributed by atoms with Crippen molar-refractivity contribution in [3.05, 3.63) is 17.8 Å². The van der Waals surface area contributed by atoms with Crippen LogP contribution < -0.4 is 15.5 Å². The minimum atomic E-state index is -0.0742. The number of rotatable bonds is 4. The Kier molecular flexibility index (Phi) is 6.44. The number of hydrogen-bond acceptors (Lipinski definition) is 5. The van der Waals surface area contributed by atoms with E-state index in [1.54, 1.807) is 19.2 Å². The third kappa shape index (κ3) is 4.52. The fraction of sp³-hybridized carbons (Fsp3) is 0.632. The predicted octanol–water partition coefficient (Wildman–Crippen LogP) is 1.86. The predicted molar refractivity (Wildman–Crippen MR) is 103 cm³/mol. The van der Waals surface area contributed by atoms with E-state index in [0.717, 1.165) is 57.9 Å². The second-order valence-electron chi connectivity index (χ2n) is 6.94. The van der Waals surface area contributed by atoms with Gasteiger partial charge in [0.1, 0.15) is 5.82 Å². The Balaban J connectivity index is 1.90. The molecule has 0 unspecified atom stereocenters. The normalized spacial score (nSPS) is 18.3. The molecule has 0 spiro atoms. The number of nitrogens with one attached hydrogen (secondary N) is 2. The van der Waals surface area contributed by atoms with Gasteiger partial charge in [0, 0.05) is 45.7 Å². The van der Waals surface area contributed by atoms with E-state index in [0.29, 0.717) is 17.7 Å². The summed E-state index contributed by atoms with van der Waals surface area (Å²) in [5.41, 5.74) is 1.19. The maximum absolute atomic E-state index is 13.3. The summed E-state index contributed by atoms with van der Waals surface area (Å²) >= 11 is 0. The van der Waals surface area contributed by atoms with E-state index in [-0.39, 0.29) is 11.8 Å². The highest BCUT2D eigenvalue weighted by Gasteiger charge is 2.25. The minimum absolute atomic E-state index is 0.0283. The number of amides is 2. The first-order valence-corrected chi connectivity index (χ1v) is 9.74. The van der Waals surface area contributed by atoms with Crippen molar-refractivity contribution in [3.63, 3.8) is 0 Å². The van der Waals surface area contributed by atoms with Crippen LogP contribution in [0.25, 0.3) is 0 Å². The van der Waals surface area contributed by atoms with Crippen molar-refractivity contribution in [1.82, 2.24) is 15.2 Å². The summed E-state index contributed by atoms with van der Waals surface area (Å²) in [7, 11) is 0. The van der Waals surface area contributed by atoms with Crippen LogP contribution in [0.4, 0.5) is 11.5 Å². The second-order valence-corrected chi connectivity index (χ2v) is 6.94. The third-order valence-corrected chi connectivity index (χ3v) is 5.01. The maximum atomic E-state index is 13.3. The summed E-state index contributed by atoms with van der Waals surface area (Å²) in [6, 6.07) is 1.80. The largest absolute Gasteiger partial charge is 0.353 e. The Morgan fingerprint density at radius 1 is 1.12 bits per heavy atom. The van der Waals surface area contributed by atoms with Crippen molar-refractivity contribution in [1.29, 1.82) is 0 Å². The number of anilines is 2. The van der Waals surface area contributed by atoms with Crippen LogP contribution >= 0.6 is 0 Å². The van der Waals surface area contributed by atoms with Gasteiger partial charge in [0.15, 0.2) is 0 Å². The number of carbonyl (C=O) groups excluding carboxylic acids is 2. The van der Waals surface area contributed by atoms with Crippen LogP contribution in [0.1, 0.15) is 49.4 Å².